The van der Waals surface area contributed by atoms with E-state index in [0.29, 0.717) is 12.8 Å². The van der Waals surface area contributed by atoms with Gasteiger partial charge in [-0.05, 0) is 44.1 Å². The van der Waals surface area contributed by atoms with Crippen LogP contribution in [0.4, 0.5) is 0 Å². The van der Waals surface area contributed by atoms with Gasteiger partial charge >= 0.3 is 5.97 Å². The molecule has 2 aliphatic rings. The molecule has 2 N–H and O–H groups in total. The van der Waals surface area contributed by atoms with Gasteiger partial charge < -0.3 is 15.3 Å². The molecule has 1 spiro atoms. The van der Waals surface area contributed by atoms with Crippen molar-refractivity contribution < 1.29 is 24.3 Å². The molecule has 7 nitrogen and oxygen atoms in total. The molecule has 0 bridgehead atoms. The van der Waals surface area contributed by atoms with Crippen LogP contribution < -0.4 is 5.32 Å². The normalized spacial score (nSPS) is 21.5. The van der Waals surface area contributed by atoms with E-state index < -0.39 is 22.8 Å². The van der Waals surface area contributed by atoms with Gasteiger partial charge in [-0.3, -0.25) is 19.2 Å². The molecular formula is C23H30N2O5S. The third kappa shape index (κ3) is 5.87. The number of carboxylic acid groups (broad SMARTS) is 1. The number of carboxylic acids is 1. The van der Waals surface area contributed by atoms with Gasteiger partial charge in [0.05, 0.1) is 5.25 Å². The van der Waals surface area contributed by atoms with Crippen LogP contribution in [0.5, 0.6) is 0 Å². The summed E-state index contributed by atoms with van der Waals surface area (Å²) in [5.74, 6) is -1.72. The second-order valence-electron chi connectivity index (χ2n) is 8.49. The Morgan fingerprint density at radius 2 is 1.81 bits per heavy atom. The fourth-order valence-corrected chi connectivity index (χ4v) is 5.72. The van der Waals surface area contributed by atoms with E-state index in [2.05, 4.69) is 5.32 Å². The lowest BCUT2D eigenvalue weighted by Crippen LogP contribution is -2.57. The fraction of sp³-hybridized carbons (Fsp3) is 0.565. The molecule has 1 aliphatic carbocycles. The van der Waals surface area contributed by atoms with Crippen molar-refractivity contribution in [3.05, 3.63) is 35.9 Å². The van der Waals surface area contributed by atoms with E-state index in [9.17, 15) is 24.3 Å². The SMILES string of the molecule is CC(=O)SC(Cc1ccccc1)C(=O)NC1CCCC2(CCCC2)N(CC(=O)O)C1=O. The summed E-state index contributed by atoms with van der Waals surface area (Å²) >= 11 is 0.958. The predicted molar refractivity (Wildman–Crippen MR) is 119 cm³/mol. The third-order valence-electron chi connectivity index (χ3n) is 6.28. The van der Waals surface area contributed by atoms with Crippen LogP contribution in [0.15, 0.2) is 30.3 Å². The first-order chi connectivity index (χ1) is 14.8. The minimum atomic E-state index is -1.04. The molecule has 31 heavy (non-hydrogen) atoms. The first-order valence-electron chi connectivity index (χ1n) is 10.9. The second kappa shape index (κ2) is 10.3. The molecule has 3 rings (SSSR count). The second-order valence-corrected chi connectivity index (χ2v) is 9.87. The first-order valence-corrected chi connectivity index (χ1v) is 11.7. The molecule has 2 unspecified atom stereocenters. The summed E-state index contributed by atoms with van der Waals surface area (Å²) in [6.45, 7) is 1.08. The maximum atomic E-state index is 13.4. The van der Waals surface area contributed by atoms with Gasteiger partial charge in [0.15, 0.2) is 5.12 Å². The summed E-state index contributed by atoms with van der Waals surface area (Å²) in [5, 5.41) is 11.4. The molecule has 8 heteroatoms. The minimum Gasteiger partial charge on any atom is -0.480 e. The lowest BCUT2D eigenvalue weighted by Gasteiger charge is -2.40. The van der Waals surface area contributed by atoms with Crippen molar-refractivity contribution in [1.82, 2.24) is 10.2 Å². The summed E-state index contributed by atoms with van der Waals surface area (Å²) in [5.41, 5.74) is 0.521. The van der Waals surface area contributed by atoms with Crippen molar-refractivity contribution in [3.8, 4) is 0 Å². The van der Waals surface area contributed by atoms with E-state index in [4.69, 9.17) is 0 Å². The summed E-state index contributed by atoms with van der Waals surface area (Å²) in [4.78, 5) is 51.2. The highest BCUT2D eigenvalue weighted by atomic mass is 32.2. The number of amides is 2. The lowest BCUT2D eigenvalue weighted by molar-refractivity contribution is -0.150. The molecule has 168 valence electrons. The molecule has 1 saturated heterocycles. The highest BCUT2D eigenvalue weighted by Crippen LogP contribution is 2.41. The Balaban J connectivity index is 1.76. The molecule has 1 aromatic carbocycles. The molecule has 1 aliphatic heterocycles. The zero-order valence-electron chi connectivity index (χ0n) is 17.8. The van der Waals surface area contributed by atoms with Crippen LogP contribution in [0.2, 0.25) is 0 Å². The van der Waals surface area contributed by atoms with Crippen LogP contribution >= 0.6 is 11.8 Å². The van der Waals surface area contributed by atoms with Crippen LogP contribution in [0, 0.1) is 0 Å². The minimum absolute atomic E-state index is 0.166. The van der Waals surface area contributed by atoms with Gasteiger partial charge in [0.25, 0.3) is 0 Å². The van der Waals surface area contributed by atoms with Crippen molar-refractivity contribution in [2.24, 2.45) is 0 Å². The number of carbonyl (C=O) groups is 4. The number of nitrogens with zero attached hydrogens (tertiary/aromatic N) is 1. The molecule has 1 aromatic rings. The Bertz CT molecular complexity index is 823. The van der Waals surface area contributed by atoms with E-state index in [1.807, 2.05) is 30.3 Å². The number of carbonyl (C=O) groups excluding carboxylic acids is 3. The average molecular weight is 447 g/mol. The van der Waals surface area contributed by atoms with E-state index in [1.165, 1.54) is 11.8 Å². The van der Waals surface area contributed by atoms with Crippen molar-refractivity contribution in [1.29, 1.82) is 0 Å². The third-order valence-corrected chi connectivity index (χ3v) is 7.28. The van der Waals surface area contributed by atoms with Gasteiger partial charge in [-0.1, -0.05) is 54.9 Å². The molecule has 2 fully saturated rings. The largest absolute Gasteiger partial charge is 0.480 e. The zero-order valence-corrected chi connectivity index (χ0v) is 18.7. The molecule has 1 heterocycles. The van der Waals surface area contributed by atoms with E-state index in [1.54, 1.807) is 0 Å². The number of likely N-dealkylation sites (tertiary alicyclic amines) is 1. The number of aliphatic carboxylic acids is 1. The number of benzene rings is 1. The quantitative estimate of drug-likeness (QED) is 0.668. The van der Waals surface area contributed by atoms with Gasteiger partial charge in [0.2, 0.25) is 11.8 Å². The Kier molecular flexibility index (Phi) is 7.75. The highest BCUT2D eigenvalue weighted by molar-refractivity contribution is 8.14. The zero-order chi connectivity index (χ0) is 22.4. The highest BCUT2D eigenvalue weighted by Gasteiger charge is 2.46. The van der Waals surface area contributed by atoms with Crippen LogP contribution in [0.3, 0.4) is 0 Å². The lowest BCUT2D eigenvalue weighted by atomic mass is 9.90. The standard InChI is InChI=1S/C23H30N2O5S/c1-16(26)31-19(14-17-8-3-2-4-9-17)21(29)24-18-10-7-13-23(11-5-6-12-23)25(22(18)30)15-20(27)28/h2-4,8-9,18-19H,5-7,10-15H2,1H3,(H,24,29)(H,27,28). The van der Waals surface area contributed by atoms with Gasteiger partial charge in [0.1, 0.15) is 12.6 Å². The smallest absolute Gasteiger partial charge is 0.323 e. The van der Waals surface area contributed by atoms with Crippen LogP contribution in [-0.4, -0.2) is 56.3 Å². The van der Waals surface area contributed by atoms with Crippen LogP contribution in [-0.2, 0) is 25.6 Å². The Hall–Kier alpha value is -2.35. The maximum absolute atomic E-state index is 13.4. The first kappa shape index (κ1) is 23.3. The molecule has 2 amide bonds. The molecule has 0 radical (unpaired) electrons. The van der Waals surface area contributed by atoms with Crippen molar-refractivity contribution in [3.63, 3.8) is 0 Å². The van der Waals surface area contributed by atoms with Crippen LogP contribution in [0.1, 0.15) is 57.4 Å². The van der Waals surface area contributed by atoms with Crippen LogP contribution in [0.25, 0.3) is 0 Å². The van der Waals surface area contributed by atoms with Crippen molar-refractivity contribution in [2.75, 3.05) is 6.54 Å². The van der Waals surface area contributed by atoms with Gasteiger partial charge in [-0.25, -0.2) is 0 Å². The number of hydrogen-bond acceptors (Lipinski definition) is 5. The maximum Gasteiger partial charge on any atom is 0.323 e. The number of nitrogens with one attached hydrogen (secondary N) is 1. The van der Waals surface area contributed by atoms with Crippen molar-refractivity contribution >= 4 is 34.7 Å². The van der Waals surface area contributed by atoms with Crippen molar-refractivity contribution in [2.45, 2.75) is 75.1 Å². The van der Waals surface area contributed by atoms with E-state index in [-0.39, 0.29) is 23.5 Å². The van der Waals surface area contributed by atoms with E-state index in [0.717, 1.165) is 55.9 Å². The predicted octanol–water partition coefficient (Wildman–Crippen LogP) is 2.77. The molecular weight excluding hydrogens is 416 g/mol. The number of hydrogen-bond donors (Lipinski definition) is 2. The topological polar surface area (TPSA) is 104 Å². The Morgan fingerprint density at radius 1 is 1.16 bits per heavy atom. The summed E-state index contributed by atoms with van der Waals surface area (Å²) in [6, 6.07) is 8.67. The molecule has 2 atom stereocenters. The number of thioether (sulfide) groups is 1. The summed E-state index contributed by atoms with van der Waals surface area (Å²) in [6.07, 6.45) is 5.94. The monoisotopic (exact) mass is 446 g/mol. The van der Waals surface area contributed by atoms with Gasteiger partial charge in [0, 0.05) is 12.5 Å². The Labute approximate surface area is 186 Å². The van der Waals surface area contributed by atoms with E-state index >= 15 is 0 Å². The molecule has 0 aromatic heterocycles. The molecule has 1 saturated carbocycles. The van der Waals surface area contributed by atoms with Gasteiger partial charge in [-0.15, -0.1) is 0 Å². The summed E-state index contributed by atoms with van der Waals surface area (Å²) < 4.78 is 0. The van der Waals surface area contributed by atoms with Gasteiger partial charge in [-0.2, -0.15) is 0 Å². The Morgan fingerprint density at radius 3 is 2.42 bits per heavy atom. The fourth-order valence-electron chi connectivity index (χ4n) is 4.86. The average Bonchev–Trinajstić information content (AvgIpc) is 3.16. The number of rotatable bonds is 7. The summed E-state index contributed by atoms with van der Waals surface area (Å²) in [7, 11) is 0.